The smallest absolute Gasteiger partial charge is 0.408 e. The summed E-state index contributed by atoms with van der Waals surface area (Å²) in [5.41, 5.74) is -1.90. The van der Waals surface area contributed by atoms with Gasteiger partial charge in [-0.3, -0.25) is 4.79 Å². The van der Waals surface area contributed by atoms with Crippen LogP contribution in [0.4, 0.5) is 13.6 Å². The summed E-state index contributed by atoms with van der Waals surface area (Å²) in [4.78, 5) is 50.6. The van der Waals surface area contributed by atoms with Gasteiger partial charge in [-0.15, -0.1) is 0 Å². The van der Waals surface area contributed by atoms with Crippen molar-refractivity contribution in [1.29, 1.82) is 0 Å². The summed E-state index contributed by atoms with van der Waals surface area (Å²) in [6.07, 6.45) is 3.85. The van der Waals surface area contributed by atoms with Gasteiger partial charge in [-0.05, 0) is 74.8 Å². The third kappa shape index (κ3) is 6.12. The number of carbonyl (C=O) groups is 3. The van der Waals surface area contributed by atoms with Crippen molar-refractivity contribution in [2.45, 2.75) is 116 Å². The van der Waals surface area contributed by atoms with E-state index in [0.717, 1.165) is 12.8 Å². The number of aldehydes is 1. The van der Waals surface area contributed by atoms with Gasteiger partial charge in [0.2, 0.25) is 11.8 Å². The summed E-state index contributed by atoms with van der Waals surface area (Å²) in [5.74, 6) is -4.08. The Kier molecular flexibility index (Phi) is 8.84. The molecule has 10 nitrogen and oxygen atoms in total. The van der Waals surface area contributed by atoms with Gasteiger partial charge in [0.05, 0.1) is 30.7 Å². The van der Waals surface area contributed by atoms with Crippen LogP contribution in [0, 0.1) is 22.7 Å². The fourth-order valence-corrected chi connectivity index (χ4v) is 7.94. The van der Waals surface area contributed by atoms with Crippen LogP contribution in [-0.4, -0.2) is 71.1 Å². The molecule has 0 radical (unpaired) electrons. The summed E-state index contributed by atoms with van der Waals surface area (Å²) < 4.78 is 51.4. The first-order chi connectivity index (χ1) is 22.3. The number of alkyl halides is 2. The molecule has 2 aliphatic heterocycles. The molecular weight excluding hydrogens is 610 g/mol. The Morgan fingerprint density at radius 3 is 2.45 bits per heavy atom. The number of ether oxygens (including phenoxy) is 3. The highest BCUT2D eigenvalue weighted by atomic mass is 19.3. The van der Waals surface area contributed by atoms with E-state index in [1.807, 2.05) is 27.7 Å². The molecular formula is C35H46F2N4O6. The highest BCUT2D eigenvalue weighted by Gasteiger charge is 2.64. The van der Waals surface area contributed by atoms with Crippen molar-refractivity contribution < 1.29 is 37.4 Å². The van der Waals surface area contributed by atoms with Gasteiger partial charge in [0.25, 0.3) is 0 Å². The summed E-state index contributed by atoms with van der Waals surface area (Å²) in [6, 6.07) is 2.98. The van der Waals surface area contributed by atoms with Crippen molar-refractivity contribution in [2.24, 2.45) is 22.7 Å². The molecule has 2 saturated carbocycles. The Labute approximate surface area is 274 Å². The lowest BCUT2D eigenvalue weighted by Gasteiger charge is -2.35. The summed E-state index contributed by atoms with van der Waals surface area (Å²) in [5, 5.41) is 2.82. The Bertz CT molecular complexity index is 1530. The predicted molar refractivity (Wildman–Crippen MR) is 169 cm³/mol. The number of carbonyl (C=O) groups excluding carboxylic acids is 3. The van der Waals surface area contributed by atoms with Crippen molar-refractivity contribution in [3.8, 4) is 11.6 Å². The molecule has 3 fully saturated rings. The van der Waals surface area contributed by atoms with E-state index in [9.17, 15) is 14.4 Å². The lowest BCUT2D eigenvalue weighted by Crippen LogP contribution is -2.56. The zero-order valence-electron chi connectivity index (χ0n) is 27.9. The van der Waals surface area contributed by atoms with Gasteiger partial charge in [-0.2, -0.15) is 8.78 Å². The highest BCUT2D eigenvalue weighted by Crippen LogP contribution is 2.65. The molecule has 12 heteroatoms. The minimum absolute atomic E-state index is 0.0475. The molecule has 1 aromatic heterocycles. The van der Waals surface area contributed by atoms with Crippen LogP contribution in [0.5, 0.6) is 11.6 Å². The van der Waals surface area contributed by atoms with Gasteiger partial charge in [-0.25, -0.2) is 14.8 Å². The van der Waals surface area contributed by atoms with Crippen LogP contribution < -0.4 is 14.8 Å². The third-order valence-corrected chi connectivity index (χ3v) is 10.9. The number of benzene rings is 1. The second kappa shape index (κ2) is 12.5. The molecule has 4 aliphatic rings. The van der Waals surface area contributed by atoms with Crippen LogP contribution in [0.15, 0.2) is 18.2 Å². The molecule has 6 rings (SSSR count). The summed E-state index contributed by atoms with van der Waals surface area (Å²) in [7, 11) is 1.51. The summed E-state index contributed by atoms with van der Waals surface area (Å²) >= 11 is 0. The van der Waals surface area contributed by atoms with Crippen molar-refractivity contribution in [2.75, 3.05) is 13.7 Å². The van der Waals surface area contributed by atoms with E-state index >= 15 is 8.78 Å². The second-order valence-corrected chi connectivity index (χ2v) is 14.9. The average Bonchev–Trinajstić information content (AvgIpc) is 3.58. The van der Waals surface area contributed by atoms with E-state index in [4.69, 9.17) is 14.2 Å². The molecule has 2 bridgehead atoms. The Morgan fingerprint density at radius 2 is 1.79 bits per heavy atom. The number of aromatic nitrogens is 2. The minimum Gasteiger partial charge on any atom is -0.497 e. The number of amides is 2. The van der Waals surface area contributed by atoms with Crippen LogP contribution in [0.25, 0.3) is 11.0 Å². The number of fused-ring (bicyclic) bond motifs is 5. The van der Waals surface area contributed by atoms with Gasteiger partial charge in [0, 0.05) is 17.4 Å². The molecule has 1 spiro atoms. The van der Waals surface area contributed by atoms with E-state index in [1.54, 1.807) is 18.2 Å². The van der Waals surface area contributed by atoms with E-state index in [1.165, 1.54) is 12.0 Å². The van der Waals surface area contributed by atoms with E-state index in [-0.39, 0.29) is 24.4 Å². The van der Waals surface area contributed by atoms with Gasteiger partial charge < -0.3 is 29.2 Å². The molecule has 1 aromatic carbocycles. The van der Waals surface area contributed by atoms with Crippen LogP contribution in [0.3, 0.4) is 0 Å². The Balaban J connectivity index is 1.45. The molecule has 256 valence electrons. The maximum atomic E-state index is 16.9. The standard InChI is InChI=1S/C35H46F2N4O6/c1-6-22-25(19-42)41-18-27(22)46-30-28(38-23-13-12-21(45-5)17-24(23)39-30)35(36,37)34(15-16-34)14-8-10-20-9-7-11-26(20)47-32(44)40-29(31(41)43)33(2,3)4/h12-13,17,19-20,22,25-27,29H,6-11,14-16,18H2,1-5H3,(H,40,44)/t20-,22-,25+,26+,27-,29+/m0/s1. The number of hydrogen-bond acceptors (Lipinski definition) is 8. The Morgan fingerprint density at radius 1 is 1.04 bits per heavy atom. The van der Waals surface area contributed by atoms with E-state index < -0.39 is 58.6 Å². The normalized spacial score (nSPS) is 30.7. The molecule has 3 heterocycles. The molecule has 1 saturated heterocycles. The average molecular weight is 657 g/mol. The molecule has 6 atom stereocenters. The number of hydrogen-bond donors (Lipinski definition) is 1. The number of halogens is 2. The molecule has 2 aliphatic carbocycles. The van der Waals surface area contributed by atoms with Gasteiger partial charge in [-0.1, -0.05) is 34.1 Å². The van der Waals surface area contributed by atoms with Crippen molar-refractivity contribution in [3.63, 3.8) is 0 Å². The first-order valence-corrected chi connectivity index (χ1v) is 17.0. The summed E-state index contributed by atoms with van der Waals surface area (Å²) in [6.45, 7) is 7.31. The van der Waals surface area contributed by atoms with Crippen LogP contribution in [-0.2, 0) is 20.2 Å². The van der Waals surface area contributed by atoms with Gasteiger partial charge in [0.1, 0.15) is 30.3 Å². The predicted octanol–water partition coefficient (Wildman–Crippen LogP) is 6.19. The zero-order valence-corrected chi connectivity index (χ0v) is 27.9. The molecule has 2 amide bonds. The lowest BCUT2D eigenvalue weighted by atomic mass is 9.85. The van der Waals surface area contributed by atoms with E-state index in [2.05, 4.69) is 15.3 Å². The first kappa shape index (κ1) is 33.3. The lowest BCUT2D eigenvalue weighted by molar-refractivity contribution is -0.139. The van der Waals surface area contributed by atoms with Gasteiger partial charge >= 0.3 is 12.0 Å². The topological polar surface area (TPSA) is 120 Å². The number of alkyl carbamates (subject to hydrolysis) is 1. The van der Waals surface area contributed by atoms with Crippen LogP contribution in [0.1, 0.15) is 91.2 Å². The van der Waals surface area contributed by atoms with Crippen LogP contribution >= 0.6 is 0 Å². The highest BCUT2D eigenvalue weighted by molar-refractivity contribution is 5.89. The maximum absolute atomic E-state index is 16.9. The zero-order chi connectivity index (χ0) is 33.7. The number of nitrogens with zero attached hydrogens (tertiary/aromatic N) is 3. The first-order valence-electron chi connectivity index (χ1n) is 17.0. The monoisotopic (exact) mass is 656 g/mol. The largest absolute Gasteiger partial charge is 0.497 e. The number of nitrogens with one attached hydrogen (secondary N) is 1. The Hall–Kier alpha value is -3.57. The quantitative estimate of drug-likeness (QED) is 0.389. The maximum Gasteiger partial charge on any atom is 0.408 e. The SMILES string of the molecule is CC[C@@H]1[C@@H]2CN(C(=O)[C@H](C(C)(C)C)NC(=O)O[C@@H]3CCC[C@H]3CCCC3(CC3)C(F)(F)c3nc4ccc(OC)cc4nc3O2)[C@@H]1C=O. The minimum atomic E-state index is -3.35. The second-order valence-electron chi connectivity index (χ2n) is 14.9. The third-order valence-electron chi connectivity index (χ3n) is 10.9. The van der Waals surface area contributed by atoms with Crippen molar-refractivity contribution >= 4 is 29.3 Å². The fraction of sp³-hybridized carbons (Fsp3) is 0.686. The van der Waals surface area contributed by atoms with Crippen molar-refractivity contribution in [3.05, 3.63) is 23.9 Å². The number of methoxy groups -OCH3 is 1. The van der Waals surface area contributed by atoms with Crippen molar-refractivity contribution in [1.82, 2.24) is 20.2 Å². The molecule has 47 heavy (non-hydrogen) atoms. The number of rotatable bonds is 3. The fourth-order valence-electron chi connectivity index (χ4n) is 7.94. The van der Waals surface area contributed by atoms with E-state index in [0.29, 0.717) is 68.0 Å². The molecule has 1 N–H and O–H groups in total. The van der Waals surface area contributed by atoms with Gasteiger partial charge in [0.15, 0.2) is 5.69 Å². The molecule has 2 aromatic rings. The van der Waals surface area contributed by atoms with Crippen LogP contribution in [0.2, 0.25) is 0 Å². The molecule has 0 unspecified atom stereocenters.